The van der Waals surface area contributed by atoms with Crippen LogP contribution >= 0.6 is 23.2 Å². The summed E-state index contributed by atoms with van der Waals surface area (Å²) < 4.78 is 0. The van der Waals surface area contributed by atoms with Crippen LogP contribution in [0.3, 0.4) is 0 Å². The number of halogens is 2. The molecule has 2 unspecified atom stereocenters. The number of hydrazine groups is 1. The van der Waals surface area contributed by atoms with Gasteiger partial charge in [-0.25, -0.2) is 5.43 Å². The van der Waals surface area contributed by atoms with Crippen molar-refractivity contribution in [2.45, 2.75) is 42.5 Å². The van der Waals surface area contributed by atoms with Crippen molar-refractivity contribution in [1.82, 2.24) is 20.7 Å². The number of nitrogens with zero attached hydrogens (tertiary/aromatic N) is 2. The van der Waals surface area contributed by atoms with Gasteiger partial charge in [0.15, 0.2) is 0 Å². The van der Waals surface area contributed by atoms with Crippen LogP contribution in [0.5, 0.6) is 0 Å². The van der Waals surface area contributed by atoms with Crippen LogP contribution in [0.2, 0.25) is 0 Å². The SMILES string of the molecule is O=C1NNCC(N2CCN(CC3CCC(Cl)CC3)C(=O)C2)C1Cl. The minimum absolute atomic E-state index is 0.136. The zero-order chi connectivity index (χ0) is 16.4. The summed E-state index contributed by atoms with van der Waals surface area (Å²) in [7, 11) is 0. The van der Waals surface area contributed by atoms with E-state index in [0.29, 0.717) is 30.9 Å². The largest absolute Gasteiger partial charge is 0.340 e. The lowest BCUT2D eigenvalue weighted by Crippen LogP contribution is -2.65. The number of carbonyl (C=O) groups excluding carboxylic acids is 2. The number of nitrogens with one attached hydrogen (secondary N) is 2. The molecule has 1 aliphatic carbocycles. The molecule has 3 fully saturated rings. The third-order valence-electron chi connectivity index (χ3n) is 5.18. The summed E-state index contributed by atoms with van der Waals surface area (Å²) in [5.74, 6) is 0.484. The smallest absolute Gasteiger partial charge is 0.253 e. The highest BCUT2D eigenvalue weighted by Gasteiger charge is 2.38. The molecule has 2 amide bonds. The number of hydrogen-bond acceptors (Lipinski definition) is 4. The first-order valence-corrected chi connectivity index (χ1v) is 9.24. The van der Waals surface area contributed by atoms with E-state index in [-0.39, 0.29) is 17.9 Å². The summed E-state index contributed by atoms with van der Waals surface area (Å²) >= 11 is 12.3. The first-order chi connectivity index (χ1) is 11.0. The molecule has 0 aromatic carbocycles. The lowest BCUT2D eigenvalue weighted by atomic mass is 9.88. The Morgan fingerprint density at radius 2 is 1.83 bits per heavy atom. The van der Waals surface area contributed by atoms with Crippen LogP contribution < -0.4 is 10.9 Å². The predicted molar refractivity (Wildman–Crippen MR) is 89.3 cm³/mol. The molecule has 2 atom stereocenters. The maximum atomic E-state index is 12.5. The van der Waals surface area contributed by atoms with Crippen LogP contribution in [-0.2, 0) is 9.59 Å². The molecular formula is C15H24Cl2N4O2. The number of amides is 2. The lowest BCUT2D eigenvalue weighted by Gasteiger charge is -2.42. The molecule has 3 aliphatic rings. The normalized spacial score (nSPS) is 36.9. The van der Waals surface area contributed by atoms with Crippen molar-refractivity contribution in [3.05, 3.63) is 0 Å². The zero-order valence-electron chi connectivity index (χ0n) is 13.1. The summed E-state index contributed by atoms with van der Waals surface area (Å²) in [4.78, 5) is 28.1. The Morgan fingerprint density at radius 1 is 1.09 bits per heavy atom. The first-order valence-electron chi connectivity index (χ1n) is 8.37. The van der Waals surface area contributed by atoms with Gasteiger partial charge < -0.3 is 4.90 Å². The molecule has 3 rings (SSSR count). The maximum Gasteiger partial charge on any atom is 0.253 e. The molecule has 23 heavy (non-hydrogen) atoms. The molecule has 6 nitrogen and oxygen atoms in total. The zero-order valence-corrected chi connectivity index (χ0v) is 14.7. The van der Waals surface area contributed by atoms with E-state index in [9.17, 15) is 9.59 Å². The minimum Gasteiger partial charge on any atom is -0.340 e. The third kappa shape index (κ3) is 4.10. The van der Waals surface area contributed by atoms with Gasteiger partial charge in [-0.15, -0.1) is 23.2 Å². The van der Waals surface area contributed by atoms with Gasteiger partial charge in [0.1, 0.15) is 5.38 Å². The lowest BCUT2D eigenvalue weighted by molar-refractivity contribution is -0.139. The second-order valence-electron chi connectivity index (χ2n) is 6.77. The fourth-order valence-electron chi connectivity index (χ4n) is 3.72. The highest BCUT2D eigenvalue weighted by Crippen LogP contribution is 2.28. The van der Waals surface area contributed by atoms with Gasteiger partial charge in [0.2, 0.25) is 5.91 Å². The highest BCUT2D eigenvalue weighted by molar-refractivity contribution is 6.31. The van der Waals surface area contributed by atoms with Crippen molar-refractivity contribution in [3.8, 4) is 0 Å². The summed E-state index contributed by atoms with van der Waals surface area (Å²) in [5.41, 5.74) is 5.37. The van der Waals surface area contributed by atoms with E-state index < -0.39 is 5.38 Å². The molecule has 0 spiro atoms. The average Bonchev–Trinajstić information content (AvgIpc) is 2.54. The molecule has 0 bridgehead atoms. The Labute approximate surface area is 146 Å². The molecule has 8 heteroatoms. The summed E-state index contributed by atoms with van der Waals surface area (Å²) in [6.45, 7) is 3.21. The van der Waals surface area contributed by atoms with Gasteiger partial charge >= 0.3 is 0 Å². The Balaban J connectivity index is 1.51. The van der Waals surface area contributed by atoms with Gasteiger partial charge in [0.05, 0.1) is 6.54 Å². The second-order valence-corrected chi connectivity index (χ2v) is 7.85. The van der Waals surface area contributed by atoms with Gasteiger partial charge in [0, 0.05) is 37.6 Å². The van der Waals surface area contributed by atoms with Crippen LogP contribution in [0, 0.1) is 5.92 Å². The van der Waals surface area contributed by atoms with Crippen molar-refractivity contribution in [3.63, 3.8) is 0 Å². The van der Waals surface area contributed by atoms with E-state index in [1.807, 2.05) is 9.80 Å². The average molecular weight is 363 g/mol. The standard InChI is InChI=1S/C15H24Cl2N4O2/c16-11-3-1-10(2-4-11)8-21-6-5-20(9-13(21)22)12-7-18-19-15(23)14(12)17/h10-12,14,18H,1-9H2,(H,19,23). The van der Waals surface area contributed by atoms with Gasteiger partial charge in [-0.3, -0.25) is 19.9 Å². The maximum absolute atomic E-state index is 12.5. The number of alkyl halides is 2. The van der Waals surface area contributed by atoms with E-state index in [2.05, 4.69) is 10.9 Å². The molecule has 0 aromatic rings. The second kappa shape index (κ2) is 7.55. The summed E-state index contributed by atoms with van der Waals surface area (Å²) in [5, 5.41) is -0.306. The van der Waals surface area contributed by atoms with Crippen LogP contribution in [0.4, 0.5) is 0 Å². The van der Waals surface area contributed by atoms with E-state index in [4.69, 9.17) is 23.2 Å². The number of piperazine rings is 1. The molecule has 0 radical (unpaired) electrons. The van der Waals surface area contributed by atoms with Crippen molar-refractivity contribution in [1.29, 1.82) is 0 Å². The van der Waals surface area contributed by atoms with Gasteiger partial charge in [-0.2, -0.15) is 0 Å². The molecule has 2 N–H and O–H groups in total. The van der Waals surface area contributed by atoms with Crippen molar-refractivity contribution in [2.75, 3.05) is 32.7 Å². The van der Waals surface area contributed by atoms with Crippen molar-refractivity contribution in [2.24, 2.45) is 5.92 Å². The van der Waals surface area contributed by atoms with Gasteiger partial charge in [-0.1, -0.05) is 0 Å². The van der Waals surface area contributed by atoms with Gasteiger partial charge in [-0.05, 0) is 31.6 Å². The monoisotopic (exact) mass is 362 g/mol. The Hall–Kier alpha value is -0.560. The number of hydrogen-bond donors (Lipinski definition) is 2. The molecule has 130 valence electrons. The molecular weight excluding hydrogens is 339 g/mol. The third-order valence-corrected chi connectivity index (χ3v) is 6.11. The number of carbonyl (C=O) groups is 2. The Morgan fingerprint density at radius 3 is 2.52 bits per heavy atom. The Bertz CT molecular complexity index is 457. The summed E-state index contributed by atoms with van der Waals surface area (Å²) in [6, 6.07) is -0.136. The topological polar surface area (TPSA) is 64.7 Å². The highest BCUT2D eigenvalue weighted by atomic mass is 35.5. The van der Waals surface area contributed by atoms with Crippen molar-refractivity contribution < 1.29 is 9.59 Å². The Kier molecular flexibility index (Phi) is 5.67. The predicted octanol–water partition coefficient (Wildman–Crippen LogP) is 0.539. The fourth-order valence-corrected chi connectivity index (χ4v) is 4.28. The van der Waals surface area contributed by atoms with E-state index in [0.717, 1.165) is 38.8 Å². The number of rotatable bonds is 3. The first kappa shape index (κ1) is 17.3. The quantitative estimate of drug-likeness (QED) is 0.719. The molecule has 2 heterocycles. The van der Waals surface area contributed by atoms with Gasteiger partial charge in [0.25, 0.3) is 5.91 Å². The molecule has 1 saturated carbocycles. The fraction of sp³-hybridized carbons (Fsp3) is 0.867. The van der Waals surface area contributed by atoms with Crippen LogP contribution in [-0.4, -0.2) is 71.1 Å². The van der Waals surface area contributed by atoms with Crippen LogP contribution in [0.15, 0.2) is 0 Å². The minimum atomic E-state index is -0.616. The van der Waals surface area contributed by atoms with Crippen LogP contribution in [0.25, 0.3) is 0 Å². The van der Waals surface area contributed by atoms with E-state index in [1.165, 1.54) is 0 Å². The van der Waals surface area contributed by atoms with E-state index in [1.54, 1.807) is 0 Å². The molecule has 0 aromatic heterocycles. The summed E-state index contributed by atoms with van der Waals surface area (Å²) in [6.07, 6.45) is 4.32. The van der Waals surface area contributed by atoms with E-state index >= 15 is 0 Å². The van der Waals surface area contributed by atoms with Crippen molar-refractivity contribution >= 4 is 35.0 Å². The molecule has 2 aliphatic heterocycles. The molecule has 2 saturated heterocycles. The van der Waals surface area contributed by atoms with Crippen LogP contribution in [0.1, 0.15) is 25.7 Å².